The molecule has 1 aliphatic carbocycles. The van der Waals surface area contributed by atoms with Gasteiger partial charge in [-0.25, -0.2) is 0 Å². The molecule has 1 atom stereocenters. The van der Waals surface area contributed by atoms with Crippen molar-refractivity contribution in [1.29, 1.82) is 0 Å². The molecule has 0 heterocycles. The average molecular weight is 156 g/mol. The molecular weight excluding hydrogens is 140 g/mol. The van der Waals surface area contributed by atoms with E-state index < -0.39 is 0 Å². The fourth-order valence-corrected chi connectivity index (χ4v) is 1.43. The topological polar surface area (TPSA) is 40.5 Å². The molecule has 1 saturated carbocycles. The first-order valence-corrected chi connectivity index (χ1v) is 4.01. The molecule has 2 heteroatoms. The zero-order chi connectivity index (χ0) is 8.48. The second-order valence-corrected chi connectivity index (χ2v) is 3.73. The second kappa shape index (κ2) is 2.95. The molecule has 1 aliphatic rings. The Bertz CT molecular complexity index is 164. The van der Waals surface area contributed by atoms with Crippen LogP contribution in [-0.4, -0.2) is 23.4 Å². The third kappa shape index (κ3) is 1.63. The molecule has 0 aromatic heterocycles. The molecule has 2 nitrogen and oxygen atoms in total. The first-order chi connectivity index (χ1) is 5.14. The molecule has 0 bridgehead atoms. The monoisotopic (exact) mass is 156 g/mol. The highest BCUT2D eigenvalue weighted by atomic mass is 16.3. The van der Waals surface area contributed by atoms with E-state index in [0.29, 0.717) is 5.92 Å². The van der Waals surface area contributed by atoms with E-state index >= 15 is 0 Å². The average Bonchev–Trinajstić information content (AvgIpc) is 2.63. The van der Waals surface area contributed by atoms with Gasteiger partial charge in [-0.05, 0) is 26.2 Å². The standard InChI is InChI=1S/C9H16O2/c1-7(2)3-8-4-9(8,5-10)6-11/h3,8,10-11H,4-6H2,1-2H3/t8-/m0/s1. The molecule has 2 N–H and O–H groups in total. The quantitative estimate of drug-likeness (QED) is 0.597. The van der Waals surface area contributed by atoms with Crippen molar-refractivity contribution in [2.45, 2.75) is 20.3 Å². The van der Waals surface area contributed by atoms with Gasteiger partial charge in [-0.3, -0.25) is 0 Å². The summed E-state index contributed by atoms with van der Waals surface area (Å²) in [5, 5.41) is 17.9. The van der Waals surface area contributed by atoms with Gasteiger partial charge in [0.05, 0.1) is 13.2 Å². The van der Waals surface area contributed by atoms with Crippen molar-refractivity contribution >= 4 is 0 Å². The van der Waals surface area contributed by atoms with Crippen LogP contribution < -0.4 is 0 Å². The summed E-state index contributed by atoms with van der Waals surface area (Å²) < 4.78 is 0. The lowest BCUT2D eigenvalue weighted by Crippen LogP contribution is -2.14. The van der Waals surface area contributed by atoms with Crippen LogP contribution in [0.2, 0.25) is 0 Å². The van der Waals surface area contributed by atoms with E-state index in [4.69, 9.17) is 10.2 Å². The van der Waals surface area contributed by atoms with Crippen LogP contribution in [0.4, 0.5) is 0 Å². The molecule has 0 aliphatic heterocycles. The summed E-state index contributed by atoms with van der Waals surface area (Å²) >= 11 is 0. The van der Waals surface area contributed by atoms with Crippen LogP contribution in [-0.2, 0) is 0 Å². The minimum atomic E-state index is -0.183. The smallest absolute Gasteiger partial charge is 0.0515 e. The van der Waals surface area contributed by atoms with Gasteiger partial charge in [-0.1, -0.05) is 11.6 Å². The first kappa shape index (κ1) is 8.75. The highest BCUT2D eigenvalue weighted by molar-refractivity contribution is 5.14. The van der Waals surface area contributed by atoms with Gasteiger partial charge >= 0.3 is 0 Å². The van der Waals surface area contributed by atoms with Gasteiger partial charge in [0.2, 0.25) is 0 Å². The molecule has 11 heavy (non-hydrogen) atoms. The molecule has 64 valence electrons. The predicted molar refractivity (Wildman–Crippen MR) is 44.1 cm³/mol. The lowest BCUT2D eigenvalue weighted by atomic mass is 10.1. The number of aliphatic hydroxyl groups is 2. The molecule has 0 aromatic rings. The van der Waals surface area contributed by atoms with E-state index in [0.717, 1.165) is 6.42 Å². The van der Waals surface area contributed by atoms with Crippen molar-refractivity contribution < 1.29 is 10.2 Å². The SMILES string of the molecule is CC(C)=C[C@H]1CC1(CO)CO. The van der Waals surface area contributed by atoms with Crippen molar-refractivity contribution in [2.75, 3.05) is 13.2 Å². The minimum absolute atomic E-state index is 0.109. The maximum absolute atomic E-state index is 8.95. The molecule has 0 radical (unpaired) electrons. The summed E-state index contributed by atoms with van der Waals surface area (Å²) in [7, 11) is 0. The summed E-state index contributed by atoms with van der Waals surface area (Å²) in [6.45, 7) is 4.30. The summed E-state index contributed by atoms with van der Waals surface area (Å²) in [6.07, 6.45) is 3.07. The third-order valence-corrected chi connectivity index (χ3v) is 2.42. The fourth-order valence-electron chi connectivity index (χ4n) is 1.43. The lowest BCUT2D eigenvalue weighted by Gasteiger charge is -2.07. The van der Waals surface area contributed by atoms with Crippen molar-refractivity contribution in [1.82, 2.24) is 0 Å². The Hall–Kier alpha value is -0.340. The van der Waals surface area contributed by atoms with Gasteiger partial charge in [-0.2, -0.15) is 0 Å². The van der Waals surface area contributed by atoms with Crippen LogP contribution in [0.3, 0.4) is 0 Å². The molecule has 1 fully saturated rings. The van der Waals surface area contributed by atoms with Crippen LogP contribution in [0.25, 0.3) is 0 Å². The highest BCUT2D eigenvalue weighted by Gasteiger charge is 2.51. The van der Waals surface area contributed by atoms with E-state index in [1.165, 1.54) is 5.57 Å². The summed E-state index contributed by atoms with van der Waals surface area (Å²) in [5.74, 6) is 0.405. The first-order valence-electron chi connectivity index (χ1n) is 4.01. The number of aliphatic hydroxyl groups excluding tert-OH is 2. The Morgan fingerprint density at radius 2 is 2.00 bits per heavy atom. The predicted octanol–water partition coefficient (Wildman–Crippen LogP) is 0.944. The lowest BCUT2D eigenvalue weighted by molar-refractivity contribution is 0.126. The Balaban J connectivity index is 2.51. The van der Waals surface area contributed by atoms with Crippen LogP contribution in [0, 0.1) is 11.3 Å². The number of hydrogen-bond acceptors (Lipinski definition) is 2. The third-order valence-electron chi connectivity index (χ3n) is 2.42. The molecule has 0 amide bonds. The molecule has 1 rings (SSSR count). The van der Waals surface area contributed by atoms with E-state index in [2.05, 4.69) is 6.08 Å². The van der Waals surface area contributed by atoms with Crippen LogP contribution in [0.1, 0.15) is 20.3 Å². The van der Waals surface area contributed by atoms with Crippen LogP contribution in [0.5, 0.6) is 0 Å². The Morgan fingerprint density at radius 1 is 1.45 bits per heavy atom. The summed E-state index contributed by atoms with van der Waals surface area (Å²) in [4.78, 5) is 0. The van der Waals surface area contributed by atoms with Crippen molar-refractivity contribution in [3.63, 3.8) is 0 Å². The van der Waals surface area contributed by atoms with E-state index in [1.54, 1.807) is 0 Å². The molecule has 0 unspecified atom stereocenters. The van der Waals surface area contributed by atoms with E-state index in [-0.39, 0.29) is 18.6 Å². The van der Waals surface area contributed by atoms with Crippen LogP contribution in [0.15, 0.2) is 11.6 Å². The number of hydrogen-bond donors (Lipinski definition) is 2. The number of rotatable bonds is 3. The Morgan fingerprint density at radius 3 is 2.27 bits per heavy atom. The highest BCUT2D eigenvalue weighted by Crippen LogP contribution is 2.52. The van der Waals surface area contributed by atoms with E-state index in [9.17, 15) is 0 Å². The largest absolute Gasteiger partial charge is 0.396 e. The van der Waals surface area contributed by atoms with Gasteiger partial charge in [0.25, 0.3) is 0 Å². The van der Waals surface area contributed by atoms with Gasteiger partial charge in [0.15, 0.2) is 0 Å². The molecule has 0 aromatic carbocycles. The Kier molecular flexibility index (Phi) is 2.35. The summed E-state index contributed by atoms with van der Waals surface area (Å²) in [6, 6.07) is 0. The van der Waals surface area contributed by atoms with E-state index in [1.807, 2.05) is 13.8 Å². The Labute approximate surface area is 67.6 Å². The van der Waals surface area contributed by atoms with Crippen molar-refractivity contribution in [3.05, 3.63) is 11.6 Å². The zero-order valence-corrected chi connectivity index (χ0v) is 7.17. The van der Waals surface area contributed by atoms with Crippen LogP contribution >= 0.6 is 0 Å². The zero-order valence-electron chi connectivity index (χ0n) is 7.17. The summed E-state index contributed by atoms with van der Waals surface area (Å²) in [5.41, 5.74) is 1.08. The molecule has 0 spiro atoms. The van der Waals surface area contributed by atoms with Crippen molar-refractivity contribution in [2.24, 2.45) is 11.3 Å². The van der Waals surface area contributed by atoms with Gasteiger partial charge in [-0.15, -0.1) is 0 Å². The van der Waals surface area contributed by atoms with Gasteiger partial charge < -0.3 is 10.2 Å². The van der Waals surface area contributed by atoms with Gasteiger partial charge in [0, 0.05) is 5.41 Å². The number of allylic oxidation sites excluding steroid dienone is 2. The second-order valence-electron chi connectivity index (χ2n) is 3.73. The maximum Gasteiger partial charge on any atom is 0.0515 e. The molecule has 0 saturated heterocycles. The van der Waals surface area contributed by atoms with Crippen molar-refractivity contribution in [3.8, 4) is 0 Å². The fraction of sp³-hybridized carbons (Fsp3) is 0.778. The maximum atomic E-state index is 8.95. The van der Waals surface area contributed by atoms with Gasteiger partial charge in [0.1, 0.15) is 0 Å². The normalized spacial score (nSPS) is 26.4. The minimum Gasteiger partial charge on any atom is -0.396 e. The molecular formula is C9H16O2.